The second-order valence-corrected chi connectivity index (χ2v) is 6.08. The Labute approximate surface area is 130 Å². The number of pyridine rings is 1. The van der Waals surface area contributed by atoms with E-state index in [0.717, 1.165) is 22.2 Å². The molecule has 0 bridgehead atoms. The molecular weight excluding hydrogens is 301 g/mol. The summed E-state index contributed by atoms with van der Waals surface area (Å²) < 4.78 is 14.8. The predicted octanol–water partition coefficient (Wildman–Crippen LogP) is 2.82. The van der Waals surface area contributed by atoms with Gasteiger partial charge in [0.1, 0.15) is 5.82 Å². The summed E-state index contributed by atoms with van der Waals surface area (Å²) in [6, 6.07) is 5.43. The highest BCUT2D eigenvalue weighted by Crippen LogP contribution is 2.30. The first kappa shape index (κ1) is 13.5. The van der Waals surface area contributed by atoms with Gasteiger partial charge in [-0.2, -0.15) is 0 Å². The maximum absolute atomic E-state index is 13.8. The molecule has 1 aliphatic rings. The highest BCUT2D eigenvalue weighted by molar-refractivity contribution is 7.17. The molecule has 112 valence electrons. The summed E-state index contributed by atoms with van der Waals surface area (Å²) in [6.07, 6.45) is 3.11. The molecule has 1 fully saturated rings. The molecule has 3 aromatic heterocycles. The van der Waals surface area contributed by atoms with Crippen molar-refractivity contribution < 1.29 is 4.39 Å². The van der Waals surface area contributed by atoms with Crippen molar-refractivity contribution in [3.05, 3.63) is 36.0 Å². The third-order valence-electron chi connectivity index (χ3n) is 3.71. The average molecular weight is 315 g/mol. The third-order valence-corrected chi connectivity index (χ3v) is 4.62. The summed E-state index contributed by atoms with van der Waals surface area (Å²) in [7, 11) is 0. The number of halogens is 1. The van der Waals surface area contributed by atoms with Gasteiger partial charge in [0.15, 0.2) is 12.1 Å². The van der Waals surface area contributed by atoms with Crippen LogP contribution in [-0.2, 0) is 0 Å². The minimum Gasteiger partial charge on any atom is -0.362 e. The van der Waals surface area contributed by atoms with E-state index in [1.54, 1.807) is 23.7 Å². The van der Waals surface area contributed by atoms with Crippen molar-refractivity contribution in [2.75, 3.05) is 11.9 Å². The van der Waals surface area contributed by atoms with E-state index >= 15 is 0 Å². The van der Waals surface area contributed by atoms with Crippen LogP contribution in [0.15, 0.2) is 36.0 Å². The molecule has 7 heteroatoms. The Morgan fingerprint density at radius 1 is 1.23 bits per heavy atom. The number of rotatable bonds is 3. The lowest BCUT2D eigenvalue weighted by atomic mass is 10.2. The molecule has 0 radical (unpaired) electrons. The molecular formula is C15H14FN5S. The number of alkyl halides is 1. The van der Waals surface area contributed by atoms with E-state index in [-0.39, 0.29) is 6.04 Å². The molecule has 0 aliphatic carbocycles. The van der Waals surface area contributed by atoms with Gasteiger partial charge in [0.25, 0.3) is 0 Å². The fraction of sp³-hybridized carbons (Fsp3) is 0.267. The summed E-state index contributed by atoms with van der Waals surface area (Å²) in [4.78, 5) is 13.2. The number of aromatic nitrogens is 3. The van der Waals surface area contributed by atoms with Gasteiger partial charge in [0, 0.05) is 18.0 Å². The smallest absolute Gasteiger partial charge is 0.171 e. The Bertz CT molecular complexity index is 791. The minimum absolute atomic E-state index is 0.259. The molecule has 2 atom stereocenters. The zero-order chi connectivity index (χ0) is 14.9. The second kappa shape index (κ2) is 5.58. The van der Waals surface area contributed by atoms with Crippen molar-refractivity contribution in [2.24, 2.45) is 0 Å². The van der Waals surface area contributed by atoms with Crippen LogP contribution >= 0.6 is 11.3 Å². The lowest BCUT2D eigenvalue weighted by molar-refractivity contribution is 0.293. The third kappa shape index (κ3) is 2.42. The molecule has 0 spiro atoms. The molecule has 0 saturated carbocycles. The number of nitrogens with one attached hydrogen (secondary N) is 2. The molecule has 4 heterocycles. The van der Waals surface area contributed by atoms with E-state index in [1.165, 1.54) is 0 Å². The van der Waals surface area contributed by atoms with Crippen LogP contribution in [0.25, 0.3) is 21.6 Å². The van der Waals surface area contributed by atoms with Gasteiger partial charge < -0.3 is 5.32 Å². The SMILES string of the molecule is FC1NCCC1Nc1nc(-c2ccncc2)nc2ccsc12. The van der Waals surface area contributed by atoms with Crippen molar-refractivity contribution >= 4 is 27.4 Å². The first-order valence-electron chi connectivity index (χ1n) is 7.11. The van der Waals surface area contributed by atoms with E-state index < -0.39 is 6.30 Å². The highest BCUT2D eigenvalue weighted by Gasteiger charge is 2.27. The molecule has 2 N–H and O–H groups in total. The molecule has 5 nitrogen and oxygen atoms in total. The standard InChI is InChI=1S/C15H14FN5S/c16-13-11(3-7-18-13)20-15-12-10(4-8-22-12)19-14(21-15)9-1-5-17-6-2-9/h1-2,4-6,8,11,13,18H,3,7H2,(H,19,20,21). The van der Waals surface area contributed by atoms with E-state index in [4.69, 9.17) is 0 Å². The van der Waals surface area contributed by atoms with Gasteiger partial charge in [0.2, 0.25) is 0 Å². The zero-order valence-electron chi connectivity index (χ0n) is 11.7. The number of hydrogen-bond acceptors (Lipinski definition) is 6. The van der Waals surface area contributed by atoms with Gasteiger partial charge >= 0.3 is 0 Å². The quantitative estimate of drug-likeness (QED) is 0.728. The Morgan fingerprint density at radius 3 is 2.86 bits per heavy atom. The topological polar surface area (TPSA) is 62.7 Å². The molecule has 1 aliphatic heterocycles. The van der Waals surface area contributed by atoms with Gasteiger partial charge in [0.05, 0.1) is 16.3 Å². The van der Waals surface area contributed by atoms with Crippen LogP contribution in [0, 0.1) is 0 Å². The summed E-state index contributed by atoms with van der Waals surface area (Å²) >= 11 is 1.56. The summed E-state index contributed by atoms with van der Waals surface area (Å²) in [5.74, 6) is 1.32. The van der Waals surface area contributed by atoms with Gasteiger partial charge in [-0.25, -0.2) is 14.4 Å². The predicted molar refractivity (Wildman–Crippen MR) is 85.6 cm³/mol. The summed E-state index contributed by atoms with van der Waals surface area (Å²) in [5, 5.41) is 8.01. The van der Waals surface area contributed by atoms with Crippen LogP contribution in [0.5, 0.6) is 0 Å². The van der Waals surface area contributed by atoms with Crippen LogP contribution in [0.1, 0.15) is 6.42 Å². The van der Waals surface area contributed by atoms with E-state index in [2.05, 4.69) is 25.6 Å². The first-order valence-corrected chi connectivity index (χ1v) is 7.99. The Balaban J connectivity index is 1.77. The summed E-state index contributed by atoms with van der Waals surface area (Å²) in [5.41, 5.74) is 1.77. The summed E-state index contributed by atoms with van der Waals surface area (Å²) in [6.45, 7) is 0.675. The fourth-order valence-corrected chi connectivity index (χ4v) is 3.36. The molecule has 0 aromatic carbocycles. The number of fused-ring (bicyclic) bond motifs is 1. The van der Waals surface area contributed by atoms with Crippen molar-refractivity contribution in [1.82, 2.24) is 20.3 Å². The van der Waals surface area contributed by atoms with Crippen LogP contribution in [0.2, 0.25) is 0 Å². The maximum atomic E-state index is 13.8. The molecule has 4 rings (SSSR count). The molecule has 1 saturated heterocycles. The lowest BCUT2D eigenvalue weighted by Crippen LogP contribution is -2.31. The lowest BCUT2D eigenvalue weighted by Gasteiger charge is -2.16. The van der Waals surface area contributed by atoms with Crippen LogP contribution in [-0.4, -0.2) is 33.8 Å². The molecule has 3 aromatic rings. The Morgan fingerprint density at radius 2 is 2.09 bits per heavy atom. The van der Waals surface area contributed by atoms with Crippen molar-refractivity contribution in [3.8, 4) is 11.4 Å². The van der Waals surface area contributed by atoms with Crippen molar-refractivity contribution in [2.45, 2.75) is 18.8 Å². The minimum atomic E-state index is -1.05. The van der Waals surface area contributed by atoms with Crippen LogP contribution in [0.4, 0.5) is 10.2 Å². The maximum Gasteiger partial charge on any atom is 0.171 e. The van der Waals surface area contributed by atoms with Crippen LogP contribution in [0.3, 0.4) is 0 Å². The number of hydrogen-bond donors (Lipinski definition) is 2. The second-order valence-electron chi connectivity index (χ2n) is 5.16. The van der Waals surface area contributed by atoms with Gasteiger partial charge in [-0.15, -0.1) is 11.3 Å². The first-order chi connectivity index (χ1) is 10.8. The van der Waals surface area contributed by atoms with Crippen molar-refractivity contribution in [1.29, 1.82) is 0 Å². The van der Waals surface area contributed by atoms with Crippen molar-refractivity contribution in [3.63, 3.8) is 0 Å². The molecule has 22 heavy (non-hydrogen) atoms. The average Bonchev–Trinajstić information content (AvgIpc) is 3.17. The van der Waals surface area contributed by atoms with E-state index in [9.17, 15) is 4.39 Å². The number of nitrogens with zero attached hydrogens (tertiary/aromatic N) is 3. The largest absolute Gasteiger partial charge is 0.362 e. The zero-order valence-corrected chi connectivity index (χ0v) is 12.5. The van der Waals surface area contributed by atoms with Gasteiger partial charge in [-0.3, -0.25) is 10.3 Å². The fourth-order valence-electron chi connectivity index (χ4n) is 2.58. The Hall–Kier alpha value is -2.12. The Kier molecular flexibility index (Phi) is 3.44. The monoisotopic (exact) mass is 315 g/mol. The highest BCUT2D eigenvalue weighted by atomic mass is 32.1. The molecule has 0 amide bonds. The van der Waals surface area contributed by atoms with Gasteiger partial charge in [-0.1, -0.05) is 0 Å². The number of thiophene rings is 1. The van der Waals surface area contributed by atoms with Gasteiger partial charge in [-0.05, 0) is 36.5 Å². The molecule has 2 unspecified atom stereocenters. The normalized spacial score (nSPS) is 21.3. The number of anilines is 1. The van der Waals surface area contributed by atoms with E-state index in [1.807, 2.05) is 23.6 Å². The van der Waals surface area contributed by atoms with E-state index in [0.29, 0.717) is 18.2 Å². The van der Waals surface area contributed by atoms with Crippen LogP contribution < -0.4 is 10.6 Å².